The number of aromatic nitrogens is 1. The topological polar surface area (TPSA) is 94.1 Å². The summed E-state index contributed by atoms with van der Waals surface area (Å²) in [6.07, 6.45) is 3.45. The van der Waals surface area contributed by atoms with Crippen LogP contribution in [0.15, 0.2) is 54.9 Å². The Morgan fingerprint density at radius 1 is 1.04 bits per heavy atom. The van der Waals surface area contributed by atoms with Crippen molar-refractivity contribution < 1.29 is 31.7 Å². The standard InChI is InChI=1S/C17H13N3O3.ClH/c18-10-13-14(11-4-6-12(21)7-5-11)15(17(23)19-16(13)22)20-8-2-1-3-9-20;/h1-9,13-15H,(H-,19,21,22,23);1H. The van der Waals surface area contributed by atoms with E-state index in [1.165, 1.54) is 12.1 Å². The molecule has 1 aliphatic heterocycles. The number of rotatable bonds is 2. The molecule has 3 atom stereocenters. The van der Waals surface area contributed by atoms with Gasteiger partial charge in [0.1, 0.15) is 11.7 Å². The van der Waals surface area contributed by atoms with Gasteiger partial charge >= 0.3 is 0 Å². The van der Waals surface area contributed by atoms with Crippen LogP contribution in [0.4, 0.5) is 0 Å². The first-order valence-electron chi connectivity index (χ1n) is 7.11. The lowest BCUT2D eigenvalue weighted by atomic mass is 9.77. The number of carbonyl (C=O) groups excluding carboxylic acids is 2. The van der Waals surface area contributed by atoms with Crippen LogP contribution in [0, 0.1) is 17.2 Å². The van der Waals surface area contributed by atoms with E-state index in [-0.39, 0.29) is 18.2 Å². The largest absolute Gasteiger partial charge is 1.00 e. The average Bonchev–Trinajstić information content (AvgIpc) is 2.56. The van der Waals surface area contributed by atoms with Gasteiger partial charge in [-0.15, -0.1) is 0 Å². The molecule has 1 aromatic carbocycles. The minimum Gasteiger partial charge on any atom is -1.00 e. The van der Waals surface area contributed by atoms with Gasteiger partial charge in [0, 0.05) is 12.1 Å². The van der Waals surface area contributed by atoms with Crippen molar-refractivity contribution in [3.05, 3.63) is 60.4 Å². The van der Waals surface area contributed by atoms with E-state index < -0.39 is 29.7 Å². The third-order valence-electron chi connectivity index (χ3n) is 3.97. The molecule has 0 aliphatic carbocycles. The minimum atomic E-state index is -0.991. The van der Waals surface area contributed by atoms with Gasteiger partial charge in [-0.05, 0) is 17.7 Å². The highest BCUT2D eigenvalue weighted by molar-refractivity contribution is 6.02. The zero-order valence-corrected chi connectivity index (χ0v) is 13.2. The molecule has 7 heteroatoms. The molecule has 2 aromatic rings. The molecule has 1 fully saturated rings. The van der Waals surface area contributed by atoms with Crippen molar-refractivity contribution in [2.45, 2.75) is 12.0 Å². The summed E-state index contributed by atoms with van der Waals surface area (Å²) in [5.74, 6) is -2.58. The van der Waals surface area contributed by atoms with Gasteiger partial charge in [0.2, 0.25) is 11.9 Å². The predicted octanol–water partition coefficient (Wildman–Crippen LogP) is -2.20. The smallest absolute Gasteiger partial charge is 0.296 e. The van der Waals surface area contributed by atoms with Gasteiger partial charge in [-0.1, -0.05) is 18.2 Å². The maximum Gasteiger partial charge on any atom is 0.296 e. The zero-order valence-electron chi connectivity index (χ0n) is 12.5. The van der Waals surface area contributed by atoms with Crippen LogP contribution in [0.3, 0.4) is 0 Å². The molecule has 1 saturated heterocycles. The second kappa shape index (κ2) is 7.11. The molecule has 1 aromatic heterocycles. The zero-order chi connectivity index (χ0) is 16.4. The number of phenols is 1. The quantitative estimate of drug-likeness (QED) is 0.478. The fourth-order valence-electron chi connectivity index (χ4n) is 2.91. The number of nitrogens with zero attached hydrogens (tertiary/aromatic N) is 2. The minimum absolute atomic E-state index is 0. The summed E-state index contributed by atoms with van der Waals surface area (Å²) in [4.78, 5) is 24.5. The van der Waals surface area contributed by atoms with Crippen LogP contribution in [0.2, 0.25) is 0 Å². The van der Waals surface area contributed by atoms with E-state index in [2.05, 4.69) is 5.32 Å². The van der Waals surface area contributed by atoms with Crippen molar-refractivity contribution in [3.8, 4) is 11.8 Å². The van der Waals surface area contributed by atoms with Crippen molar-refractivity contribution in [2.75, 3.05) is 0 Å². The first kappa shape index (κ1) is 17.4. The number of carbonyl (C=O) groups is 2. The second-order valence-corrected chi connectivity index (χ2v) is 5.35. The molecule has 0 saturated carbocycles. The summed E-state index contributed by atoms with van der Waals surface area (Å²) in [5.41, 5.74) is 0.652. The molecule has 0 radical (unpaired) electrons. The highest BCUT2D eigenvalue weighted by Gasteiger charge is 2.50. The van der Waals surface area contributed by atoms with E-state index >= 15 is 0 Å². The van der Waals surface area contributed by atoms with Crippen molar-refractivity contribution in [1.29, 1.82) is 5.26 Å². The van der Waals surface area contributed by atoms with Crippen LogP contribution in [0.5, 0.6) is 5.75 Å². The number of hydrogen-bond acceptors (Lipinski definition) is 4. The number of piperidine rings is 1. The monoisotopic (exact) mass is 343 g/mol. The van der Waals surface area contributed by atoms with Crippen molar-refractivity contribution in [3.63, 3.8) is 0 Å². The molecule has 3 rings (SSSR count). The summed E-state index contributed by atoms with van der Waals surface area (Å²) in [6, 6.07) is 12.9. The number of amides is 2. The van der Waals surface area contributed by atoms with Crippen molar-refractivity contribution in [1.82, 2.24) is 5.32 Å². The molecule has 2 heterocycles. The second-order valence-electron chi connectivity index (χ2n) is 5.35. The van der Waals surface area contributed by atoms with E-state index in [9.17, 15) is 20.0 Å². The fourth-order valence-corrected chi connectivity index (χ4v) is 2.91. The lowest BCUT2D eigenvalue weighted by molar-refractivity contribution is -0.713. The van der Waals surface area contributed by atoms with Gasteiger partial charge in [-0.2, -0.15) is 9.83 Å². The molecule has 0 bridgehead atoms. The average molecular weight is 344 g/mol. The van der Waals surface area contributed by atoms with Crippen LogP contribution in [0.25, 0.3) is 0 Å². The first-order chi connectivity index (χ1) is 11.1. The van der Waals surface area contributed by atoms with Crippen LogP contribution in [0.1, 0.15) is 17.5 Å². The molecular weight excluding hydrogens is 330 g/mol. The molecule has 122 valence electrons. The van der Waals surface area contributed by atoms with Gasteiger partial charge in [0.25, 0.3) is 5.91 Å². The fraction of sp³-hybridized carbons (Fsp3) is 0.176. The molecule has 6 nitrogen and oxygen atoms in total. The molecule has 24 heavy (non-hydrogen) atoms. The Morgan fingerprint density at radius 2 is 1.67 bits per heavy atom. The number of halogens is 1. The van der Waals surface area contributed by atoms with Crippen LogP contribution in [-0.2, 0) is 9.59 Å². The summed E-state index contributed by atoms with van der Waals surface area (Å²) in [7, 11) is 0. The van der Waals surface area contributed by atoms with E-state index in [1.807, 2.05) is 12.1 Å². The number of phenolic OH excluding ortho intramolecular Hbond substituents is 1. The third kappa shape index (κ3) is 3.07. The van der Waals surface area contributed by atoms with Crippen LogP contribution < -0.4 is 22.3 Å². The Balaban J connectivity index is 0.00000208. The SMILES string of the molecule is N#CC1C(=O)NC(=O)C([n+]2ccccc2)C1c1ccc(O)cc1.[Cl-]. The summed E-state index contributed by atoms with van der Waals surface area (Å²) in [6.45, 7) is 0. The molecule has 2 N–H and O–H groups in total. The van der Waals surface area contributed by atoms with Gasteiger partial charge in [0.05, 0.1) is 12.0 Å². The summed E-state index contributed by atoms with van der Waals surface area (Å²) < 4.78 is 1.68. The van der Waals surface area contributed by atoms with E-state index in [0.717, 1.165) is 0 Å². The molecule has 2 amide bonds. The predicted molar refractivity (Wildman–Crippen MR) is 78.8 cm³/mol. The van der Waals surface area contributed by atoms with Gasteiger partial charge in [-0.25, -0.2) is 0 Å². The number of pyridine rings is 1. The number of nitriles is 1. The Morgan fingerprint density at radius 3 is 2.25 bits per heavy atom. The lowest BCUT2D eigenvalue weighted by Crippen LogP contribution is -3.00. The van der Waals surface area contributed by atoms with Gasteiger partial charge in [0.15, 0.2) is 12.4 Å². The number of aromatic hydroxyl groups is 1. The summed E-state index contributed by atoms with van der Waals surface area (Å²) >= 11 is 0. The Hall–Kier alpha value is -2.91. The summed E-state index contributed by atoms with van der Waals surface area (Å²) in [5, 5.41) is 21.1. The Kier molecular flexibility index (Phi) is 5.17. The highest BCUT2D eigenvalue weighted by Crippen LogP contribution is 2.36. The van der Waals surface area contributed by atoms with E-state index in [1.54, 1.807) is 41.2 Å². The van der Waals surface area contributed by atoms with Crippen molar-refractivity contribution >= 4 is 11.8 Å². The highest BCUT2D eigenvalue weighted by atomic mass is 35.5. The first-order valence-corrected chi connectivity index (χ1v) is 7.11. The maximum atomic E-state index is 12.4. The van der Waals surface area contributed by atoms with Crippen LogP contribution >= 0.6 is 0 Å². The number of imide groups is 1. The number of hydrogen-bond donors (Lipinski definition) is 2. The lowest BCUT2D eigenvalue weighted by Gasteiger charge is -2.29. The molecule has 0 spiro atoms. The Bertz CT molecular complexity index is 787. The van der Waals surface area contributed by atoms with Crippen molar-refractivity contribution in [2.24, 2.45) is 5.92 Å². The number of nitrogens with one attached hydrogen (secondary N) is 1. The normalized spacial score (nSPS) is 22.9. The van der Waals surface area contributed by atoms with Gasteiger partial charge in [-0.3, -0.25) is 14.9 Å². The number of benzene rings is 1. The van der Waals surface area contributed by atoms with E-state index in [4.69, 9.17) is 0 Å². The van der Waals surface area contributed by atoms with Gasteiger partial charge < -0.3 is 17.5 Å². The maximum absolute atomic E-state index is 12.4. The third-order valence-corrected chi connectivity index (χ3v) is 3.97. The Labute approximate surface area is 144 Å². The van der Waals surface area contributed by atoms with Crippen LogP contribution in [-0.4, -0.2) is 16.9 Å². The van der Waals surface area contributed by atoms with E-state index in [0.29, 0.717) is 5.56 Å². The molecular formula is C17H14ClN3O3. The molecule has 3 unspecified atom stereocenters. The molecule has 1 aliphatic rings.